The molecule has 2 aromatic heterocycles. The van der Waals surface area contributed by atoms with E-state index in [-0.39, 0.29) is 0 Å². The first kappa shape index (κ1) is 13.0. The highest BCUT2D eigenvalue weighted by Gasteiger charge is 1.98. The van der Waals surface area contributed by atoms with Gasteiger partial charge in [0.25, 0.3) is 0 Å². The van der Waals surface area contributed by atoms with E-state index in [9.17, 15) is 0 Å². The maximum Gasteiger partial charge on any atom is 0.187 e. The van der Waals surface area contributed by atoms with Crippen molar-refractivity contribution >= 4 is 11.8 Å². The van der Waals surface area contributed by atoms with Gasteiger partial charge in [-0.05, 0) is 17.4 Å². The number of pyridine rings is 1. The SMILES string of the molecule is CCSc1ncc(CNCc2cccnc2)cn1. The molecule has 0 aromatic carbocycles. The van der Waals surface area contributed by atoms with E-state index >= 15 is 0 Å². The van der Waals surface area contributed by atoms with Crippen molar-refractivity contribution < 1.29 is 0 Å². The summed E-state index contributed by atoms with van der Waals surface area (Å²) in [7, 11) is 0. The molecule has 0 saturated heterocycles. The van der Waals surface area contributed by atoms with Crippen LogP contribution in [0.25, 0.3) is 0 Å². The second-order valence-electron chi connectivity index (χ2n) is 3.77. The van der Waals surface area contributed by atoms with Gasteiger partial charge in [0, 0.05) is 43.4 Å². The van der Waals surface area contributed by atoms with Crippen LogP contribution in [0.4, 0.5) is 0 Å². The van der Waals surface area contributed by atoms with Crippen LogP contribution in [0, 0.1) is 0 Å². The van der Waals surface area contributed by atoms with Crippen molar-refractivity contribution in [3.05, 3.63) is 48.0 Å². The van der Waals surface area contributed by atoms with Gasteiger partial charge in [-0.3, -0.25) is 4.98 Å². The smallest absolute Gasteiger partial charge is 0.187 e. The minimum absolute atomic E-state index is 0.770. The summed E-state index contributed by atoms with van der Waals surface area (Å²) >= 11 is 1.65. The fourth-order valence-corrected chi connectivity index (χ4v) is 2.00. The zero-order chi connectivity index (χ0) is 12.6. The lowest BCUT2D eigenvalue weighted by Crippen LogP contribution is -2.13. The zero-order valence-electron chi connectivity index (χ0n) is 10.3. The van der Waals surface area contributed by atoms with E-state index in [1.807, 2.05) is 24.7 Å². The Kier molecular flexibility index (Phi) is 5.11. The monoisotopic (exact) mass is 260 g/mol. The first-order valence-electron chi connectivity index (χ1n) is 5.92. The Hall–Kier alpha value is -1.46. The second kappa shape index (κ2) is 7.08. The van der Waals surface area contributed by atoms with Crippen LogP contribution in [0.2, 0.25) is 0 Å². The van der Waals surface area contributed by atoms with Gasteiger partial charge in [0.1, 0.15) is 0 Å². The van der Waals surface area contributed by atoms with Crippen molar-refractivity contribution in [3.63, 3.8) is 0 Å². The Balaban J connectivity index is 1.80. The van der Waals surface area contributed by atoms with Gasteiger partial charge in [-0.1, -0.05) is 24.8 Å². The largest absolute Gasteiger partial charge is 0.308 e. The van der Waals surface area contributed by atoms with Crippen LogP contribution >= 0.6 is 11.8 Å². The molecule has 0 fully saturated rings. The highest BCUT2D eigenvalue weighted by molar-refractivity contribution is 7.99. The van der Waals surface area contributed by atoms with Crippen molar-refractivity contribution in [1.29, 1.82) is 0 Å². The lowest BCUT2D eigenvalue weighted by atomic mass is 10.3. The fourth-order valence-electron chi connectivity index (χ4n) is 1.49. The first-order chi connectivity index (χ1) is 8.88. The van der Waals surface area contributed by atoms with Crippen LogP contribution in [0.3, 0.4) is 0 Å². The van der Waals surface area contributed by atoms with E-state index in [0.29, 0.717) is 0 Å². The molecule has 0 amide bonds. The molecule has 2 aromatic rings. The zero-order valence-corrected chi connectivity index (χ0v) is 11.2. The number of nitrogens with zero attached hydrogens (tertiary/aromatic N) is 3. The quantitative estimate of drug-likeness (QED) is 0.638. The van der Waals surface area contributed by atoms with Crippen molar-refractivity contribution in [2.45, 2.75) is 25.2 Å². The van der Waals surface area contributed by atoms with Crippen LogP contribution < -0.4 is 5.32 Å². The van der Waals surface area contributed by atoms with Crippen molar-refractivity contribution in [2.75, 3.05) is 5.75 Å². The average Bonchev–Trinajstić information content (AvgIpc) is 2.42. The Bertz CT molecular complexity index is 458. The number of thioether (sulfide) groups is 1. The molecule has 18 heavy (non-hydrogen) atoms. The second-order valence-corrected chi connectivity index (χ2v) is 5.00. The standard InChI is InChI=1S/C13H16N4S/c1-2-18-13-16-9-12(10-17-13)8-15-7-11-4-3-5-14-6-11/h3-6,9-10,15H,2,7-8H2,1H3. The van der Waals surface area contributed by atoms with Crippen molar-refractivity contribution in [3.8, 4) is 0 Å². The number of aromatic nitrogens is 3. The predicted octanol–water partition coefficient (Wildman–Crippen LogP) is 2.27. The molecule has 1 N–H and O–H groups in total. The molecule has 0 aliphatic carbocycles. The van der Waals surface area contributed by atoms with E-state index in [1.54, 1.807) is 18.0 Å². The highest BCUT2D eigenvalue weighted by Crippen LogP contribution is 2.10. The van der Waals surface area contributed by atoms with E-state index in [2.05, 4.69) is 33.3 Å². The summed E-state index contributed by atoms with van der Waals surface area (Å²) in [4.78, 5) is 12.7. The van der Waals surface area contributed by atoms with Crippen LogP contribution in [0.15, 0.2) is 42.1 Å². The molecule has 94 valence electrons. The molecule has 0 spiro atoms. The maximum absolute atomic E-state index is 4.29. The van der Waals surface area contributed by atoms with Crippen LogP contribution in [-0.4, -0.2) is 20.7 Å². The molecule has 0 radical (unpaired) electrons. The molecule has 0 aliphatic heterocycles. The topological polar surface area (TPSA) is 50.7 Å². The van der Waals surface area contributed by atoms with Gasteiger partial charge in [0.05, 0.1) is 0 Å². The fraction of sp³-hybridized carbons (Fsp3) is 0.308. The van der Waals surface area contributed by atoms with Gasteiger partial charge in [-0.15, -0.1) is 0 Å². The molecule has 0 atom stereocenters. The van der Waals surface area contributed by atoms with E-state index < -0.39 is 0 Å². The van der Waals surface area contributed by atoms with Crippen LogP contribution in [0.5, 0.6) is 0 Å². The minimum Gasteiger partial charge on any atom is -0.308 e. The lowest BCUT2D eigenvalue weighted by Gasteiger charge is -2.04. The third-order valence-corrected chi connectivity index (χ3v) is 3.09. The Morgan fingerprint density at radius 1 is 1.11 bits per heavy atom. The molecule has 0 saturated carbocycles. The number of nitrogens with one attached hydrogen (secondary N) is 1. The number of hydrogen-bond donors (Lipinski definition) is 1. The van der Waals surface area contributed by atoms with E-state index in [0.717, 1.165) is 29.6 Å². The summed E-state index contributed by atoms with van der Waals surface area (Å²) in [6, 6.07) is 3.99. The van der Waals surface area contributed by atoms with E-state index in [1.165, 1.54) is 5.56 Å². The Labute approximate surface area is 111 Å². The van der Waals surface area contributed by atoms with Crippen molar-refractivity contribution in [1.82, 2.24) is 20.3 Å². The molecule has 5 heteroatoms. The number of rotatable bonds is 6. The van der Waals surface area contributed by atoms with Crippen LogP contribution in [0.1, 0.15) is 18.1 Å². The van der Waals surface area contributed by atoms with Gasteiger partial charge in [-0.25, -0.2) is 9.97 Å². The molecule has 2 rings (SSSR count). The normalized spacial score (nSPS) is 10.5. The van der Waals surface area contributed by atoms with Crippen molar-refractivity contribution in [2.24, 2.45) is 0 Å². The van der Waals surface area contributed by atoms with E-state index in [4.69, 9.17) is 0 Å². The van der Waals surface area contributed by atoms with Crippen LogP contribution in [-0.2, 0) is 13.1 Å². The molecular weight excluding hydrogens is 244 g/mol. The summed E-state index contributed by atoms with van der Waals surface area (Å²) in [6.45, 7) is 3.67. The predicted molar refractivity (Wildman–Crippen MR) is 73.2 cm³/mol. The third-order valence-electron chi connectivity index (χ3n) is 2.34. The minimum atomic E-state index is 0.770. The van der Waals surface area contributed by atoms with Gasteiger partial charge < -0.3 is 5.32 Å². The average molecular weight is 260 g/mol. The molecule has 4 nitrogen and oxygen atoms in total. The molecule has 2 heterocycles. The molecular formula is C13H16N4S. The third kappa shape index (κ3) is 4.09. The molecule has 0 aliphatic rings. The number of hydrogen-bond acceptors (Lipinski definition) is 5. The summed E-state index contributed by atoms with van der Waals surface area (Å²) in [5.74, 6) is 0.999. The van der Waals surface area contributed by atoms with Gasteiger partial charge in [0.2, 0.25) is 0 Å². The molecule has 0 bridgehead atoms. The summed E-state index contributed by atoms with van der Waals surface area (Å²) in [5, 5.41) is 4.18. The Morgan fingerprint density at radius 2 is 1.89 bits per heavy atom. The van der Waals surface area contributed by atoms with Gasteiger partial charge >= 0.3 is 0 Å². The summed E-state index contributed by atoms with van der Waals surface area (Å²) in [5.41, 5.74) is 2.27. The molecule has 0 unspecified atom stereocenters. The summed E-state index contributed by atoms with van der Waals surface area (Å²) in [6.07, 6.45) is 7.40. The van der Waals surface area contributed by atoms with Gasteiger partial charge in [-0.2, -0.15) is 0 Å². The first-order valence-corrected chi connectivity index (χ1v) is 6.90. The maximum atomic E-state index is 4.29. The highest BCUT2D eigenvalue weighted by atomic mass is 32.2. The Morgan fingerprint density at radius 3 is 2.56 bits per heavy atom. The van der Waals surface area contributed by atoms with Gasteiger partial charge in [0.15, 0.2) is 5.16 Å². The lowest BCUT2D eigenvalue weighted by molar-refractivity contribution is 0.683. The summed E-state index contributed by atoms with van der Waals surface area (Å²) < 4.78 is 0.